The van der Waals surface area contributed by atoms with Gasteiger partial charge in [0.2, 0.25) is 0 Å². The predicted octanol–water partition coefficient (Wildman–Crippen LogP) is 1.49. The summed E-state index contributed by atoms with van der Waals surface area (Å²) in [7, 11) is 0. The van der Waals surface area contributed by atoms with Crippen LogP contribution in [0, 0.1) is 11.3 Å². The second kappa shape index (κ2) is 3.58. The summed E-state index contributed by atoms with van der Waals surface area (Å²) >= 11 is 0. The van der Waals surface area contributed by atoms with Gasteiger partial charge in [0.15, 0.2) is 0 Å². The van der Waals surface area contributed by atoms with Gasteiger partial charge in [-0.15, -0.1) is 0 Å². The molecule has 2 aliphatic rings. The van der Waals surface area contributed by atoms with Crippen LogP contribution in [0.5, 0.6) is 0 Å². The van der Waals surface area contributed by atoms with Gasteiger partial charge in [-0.05, 0) is 50.1 Å². The van der Waals surface area contributed by atoms with E-state index in [9.17, 15) is 0 Å². The minimum Gasteiger partial charge on any atom is -0.396 e. The normalized spacial score (nSPS) is 40.6. The number of nitrogens with zero attached hydrogens (tertiary/aromatic N) is 1. The SMILES string of the molecule is CCN1CC[C@@]2(CC[C@@H](CO)C2)C1. The fourth-order valence-electron chi connectivity index (χ4n) is 3.15. The van der Waals surface area contributed by atoms with Crippen molar-refractivity contribution in [2.24, 2.45) is 11.3 Å². The van der Waals surface area contributed by atoms with E-state index in [0.29, 0.717) is 17.9 Å². The predicted molar refractivity (Wildman–Crippen MR) is 53.6 cm³/mol. The maximum atomic E-state index is 9.12. The topological polar surface area (TPSA) is 23.5 Å². The maximum absolute atomic E-state index is 9.12. The van der Waals surface area contributed by atoms with Crippen molar-refractivity contribution in [1.82, 2.24) is 4.90 Å². The largest absolute Gasteiger partial charge is 0.396 e. The summed E-state index contributed by atoms with van der Waals surface area (Å²) in [5, 5.41) is 9.12. The van der Waals surface area contributed by atoms with Crippen molar-refractivity contribution >= 4 is 0 Å². The molecule has 1 aliphatic heterocycles. The standard InChI is InChI=1S/C11H21NO/c1-2-12-6-5-11(9-12)4-3-10(7-11)8-13/h10,13H,2-9H2,1H3/t10-,11-/m1/s1. The van der Waals surface area contributed by atoms with E-state index in [4.69, 9.17) is 5.11 Å². The van der Waals surface area contributed by atoms with E-state index in [1.54, 1.807) is 0 Å². The highest BCUT2D eigenvalue weighted by molar-refractivity contribution is 4.95. The highest BCUT2D eigenvalue weighted by atomic mass is 16.3. The van der Waals surface area contributed by atoms with Crippen molar-refractivity contribution in [1.29, 1.82) is 0 Å². The fourth-order valence-corrected chi connectivity index (χ4v) is 3.15. The smallest absolute Gasteiger partial charge is 0.0459 e. The minimum absolute atomic E-state index is 0.411. The van der Waals surface area contributed by atoms with Crippen molar-refractivity contribution in [3.8, 4) is 0 Å². The van der Waals surface area contributed by atoms with E-state index >= 15 is 0 Å². The molecule has 2 fully saturated rings. The fraction of sp³-hybridized carbons (Fsp3) is 1.00. The molecule has 0 aromatic rings. The summed E-state index contributed by atoms with van der Waals surface area (Å²) in [6.07, 6.45) is 5.26. The summed E-state index contributed by atoms with van der Waals surface area (Å²) < 4.78 is 0. The third-order valence-electron chi connectivity index (χ3n) is 4.03. The van der Waals surface area contributed by atoms with Gasteiger partial charge in [-0.2, -0.15) is 0 Å². The molecule has 0 bridgehead atoms. The van der Waals surface area contributed by atoms with Gasteiger partial charge in [0.05, 0.1) is 0 Å². The number of rotatable bonds is 2. The number of aliphatic hydroxyl groups excluding tert-OH is 1. The van der Waals surface area contributed by atoms with Crippen LogP contribution in [0.15, 0.2) is 0 Å². The van der Waals surface area contributed by atoms with E-state index in [1.807, 2.05) is 0 Å². The van der Waals surface area contributed by atoms with Gasteiger partial charge in [0.1, 0.15) is 0 Å². The van der Waals surface area contributed by atoms with Crippen LogP contribution in [0.25, 0.3) is 0 Å². The molecule has 1 spiro atoms. The van der Waals surface area contributed by atoms with Crippen LogP contribution in [-0.4, -0.2) is 36.2 Å². The van der Waals surface area contributed by atoms with Gasteiger partial charge in [0, 0.05) is 13.2 Å². The van der Waals surface area contributed by atoms with E-state index < -0.39 is 0 Å². The highest BCUT2D eigenvalue weighted by Gasteiger charge is 2.43. The van der Waals surface area contributed by atoms with Crippen LogP contribution >= 0.6 is 0 Å². The molecule has 13 heavy (non-hydrogen) atoms. The van der Waals surface area contributed by atoms with Gasteiger partial charge in [-0.1, -0.05) is 6.92 Å². The maximum Gasteiger partial charge on any atom is 0.0459 e. The van der Waals surface area contributed by atoms with Gasteiger partial charge in [-0.3, -0.25) is 0 Å². The van der Waals surface area contributed by atoms with Gasteiger partial charge >= 0.3 is 0 Å². The molecule has 2 atom stereocenters. The van der Waals surface area contributed by atoms with E-state index in [0.717, 1.165) is 0 Å². The molecule has 0 aromatic heterocycles. The highest BCUT2D eigenvalue weighted by Crippen LogP contribution is 2.47. The first-order valence-corrected chi connectivity index (χ1v) is 5.61. The average Bonchev–Trinajstić information content (AvgIpc) is 2.74. The summed E-state index contributed by atoms with van der Waals surface area (Å²) in [5.41, 5.74) is 0.601. The number of likely N-dealkylation sites (tertiary alicyclic amines) is 1. The molecule has 0 unspecified atom stereocenters. The van der Waals surface area contributed by atoms with Crippen molar-refractivity contribution < 1.29 is 5.11 Å². The third-order valence-corrected chi connectivity index (χ3v) is 4.03. The number of aliphatic hydroxyl groups is 1. The Morgan fingerprint density at radius 1 is 1.46 bits per heavy atom. The monoisotopic (exact) mass is 183 g/mol. The van der Waals surface area contributed by atoms with Crippen LogP contribution in [0.4, 0.5) is 0 Å². The van der Waals surface area contributed by atoms with E-state index in [1.165, 1.54) is 45.3 Å². The van der Waals surface area contributed by atoms with Crippen molar-refractivity contribution in [2.45, 2.75) is 32.6 Å². The molecule has 2 heteroatoms. The quantitative estimate of drug-likeness (QED) is 0.701. The summed E-state index contributed by atoms with van der Waals surface area (Å²) in [5.74, 6) is 0.608. The Kier molecular flexibility index (Phi) is 2.61. The zero-order valence-corrected chi connectivity index (χ0v) is 8.63. The van der Waals surface area contributed by atoms with Crippen molar-refractivity contribution in [2.75, 3.05) is 26.2 Å². The molecule has 2 nitrogen and oxygen atoms in total. The summed E-state index contributed by atoms with van der Waals surface area (Å²) in [6, 6.07) is 0. The second-order valence-corrected chi connectivity index (χ2v) is 4.91. The van der Waals surface area contributed by atoms with Crippen molar-refractivity contribution in [3.63, 3.8) is 0 Å². The first-order chi connectivity index (χ1) is 6.28. The molecule has 76 valence electrons. The Balaban J connectivity index is 1.93. The first kappa shape index (κ1) is 9.47. The van der Waals surface area contributed by atoms with Gasteiger partial charge in [-0.25, -0.2) is 0 Å². The molecule has 0 amide bonds. The van der Waals surface area contributed by atoms with Crippen molar-refractivity contribution in [3.05, 3.63) is 0 Å². The molecule has 2 rings (SSSR count). The van der Waals surface area contributed by atoms with Crippen LogP contribution in [0.2, 0.25) is 0 Å². The second-order valence-electron chi connectivity index (χ2n) is 4.91. The van der Waals surface area contributed by atoms with Crippen LogP contribution < -0.4 is 0 Å². The Labute approximate surface area is 80.9 Å². The number of hydrogen-bond acceptors (Lipinski definition) is 2. The molecule has 1 heterocycles. The molecule has 1 N–H and O–H groups in total. The van der Waals surface area contributed by atoms with Gasteiger partial charge in [0.25, 0.3) is 0 Å². The van der Waals surface area contributed by atoms with Gasteiger partial charge < -0.3 is 10.0 Å². The molecule has 1 saturated carbocycles. The van der Waals surface area contributed by atoms with Crippen LogP contribution in [-0.2, 0) is 0 Å². The third kappa shape index (κ3) is 1.75. The minimum atomic E-state index is 0.411. The zero-order valence-electron chi connectivity index (χ0n) is 8.63. The molecule has 1 saturated heterocycles. The molecular weight excluding hydrogens is 162 g/mol. The Bertz CT molecular complexity index is 161. The van der Waals surface area contributed by atoms with Crippen LogP contribution in [0.3, 0.4) is 0 Å². The number of hydrogen-bond donors (Lipinski definition) is 1. The average molecular weight is 183 g/mol. The lowest BCUT2D eigenvalue weighted by Crippen LogP contribution is -2.25. The zero-order chi connectivity index (χ0) is 9.31. The molecule has 0 aromatic carbocycles. The molecule has 0 radical (unpaired) electrons. The summed E-state index contributed by atoms with van der Waals surface area (Å²) in [4.78, 5) is 2.56. The lowest BCUT2D eigenvalue weighted by molar-refractivity contribution is 0.206. The Hall–Kier alpha value is -0.0800. The van der Waals surface area contributed by atoms with Crippen LogP contribution in [0.1, 0.15) is 32.6 Å². The lowest BCUT2D eigenvalue weighted by atomic mass is 9.84. The Morgan fingerprint density at radius 2 is 2.31 bits per heavy atom. The van der Waals surface area contributed by atoms with E-state index in [-0.39, 0.29) is 0 Å². The Morgan fingerprint density at radius 3 is 2.85 bits per heavy atom. The lowest BCUT2D eigenvalue weighted by Gasteiger charge is -2.23. The molecule has 1 aliphatic carbocycles. The molecular formula is C11H21NO. The summed E-state index contributed by atoms with van der Waals surface area (Å²) in [6.45, 7) is 6.44. The van der Waals surface area contributed by atoms with E-state index in [2.05, 4.69) is 11.8 Å². The first-order valence-electron chi connectivity index (χ1n) is 5.61.